The molecular weight excluding hydrogens is 340 g/mol. The first-order chi connectivity index (χ1) is 11.8. The fraction of sp³-hybridized carbons (Fsp3) is 0.211. The van der Waals surface area contributed by atoms with Gasteiger partial charge >= 0.3 is 5.97 Å². The Balaban J connectivity index is 2.08. The van der Waals surface area contributed by atoms with E-state index in [0.29, 0.717) is 27.5 Å². The summed E-state index contributed by atoms with van der Waals surface area (Å²) in [5, 5.41) is 0.562. The SMILES string of the molecule is CC(C)(C)OC(=O)/C=C1\c2cnccc2C(=O)N1c1ccc(Cl)cc1. The van der Waals surface area contributed by atoms with Crippen LogP contribution in [0.5, 0.6) is 0 Å². The second-order valence-corrected chi connectivity index (χ2v) is 7.04. The summed E-state index contributed by atoms with van der Waals surface area (Å²) < 4.78 is 5.36. The van der Waals surface area contributed by atoms with Gasteiger partial charge in [-0.2, -0.15) is 0 Å². The number of hydrogen-bond acceptors (Lipinski definition) is 4. The van der Waals surface area contributed by atoms with Crippen molar-refractivity contribution in [2.75, 3.05) is 4.90 Å². The number of ether oxygens (including phenoxy) is 1. The largest absolute Gasteiger partial charge is 0.457 e. The Morgan fingerprint density at radius 3 is 2.48 bits per heavy atom. The molecule has 1 aromatic heterocycles. The summed E-state index contributed by atoms with van der Waals surface area (Å²) >= 11 is 5.94. The Labute approximate surface area is 150 Å². The molecule has 25 heavy (non-hydrogen) atoms. The summed E-state index contributed by atoms with van der Waals surface area (Å²) in [7, 11) is 0. The van der Waals surface area contributed by atoms with Crippen molar-refractivity contribution >= 4 is 34.9 Å². The highest BCUT2D eigenvalue weighted by Gasteiger charge is 2.34. The maximum atomic E-state index is 12.8. The second kappa shape index (κ2) is 6.33. The molecule has 0 fully saturated rings. The number of halogens is 1. The first-order valence-electron chi connectivity index (χ1n) is 7.75. The minimum Gasteiger partial charge on any atom is -0.457 e. The summed E-state index contributed by atoms with van der Waals surface area (Å²) in [5.74, 6) is -0.750. The van der Waals surface area contributed by atoms with Crippen LogP contribution in [0.25, 0.3) is 5.70 Å². The van der Waals surface area contributed by atoms with Gasteiger partial charge in [0.15, 0.2) is 0 Å². The maximum absolute atomic E-state index is 12.8. The smallest absolute Gasteiger partial charge is 0.333 e. The van der Waals surface area contributed by atoms with Gasteiger partial charge < -0.3 is 4.74 Å². The Morgan fingerprint density at radius 2 is 1.84 bits per heavy atom. The van der Waals surface area contributed by atoms with Crippen molar-refractivity contribution in [2.24, 2.45) is 0 Å². The van der Waals surface area contributed by atoms with E-state index in [2.05, 4.69) is 4.98 Å². The van der Waals surface area contributed by atoms with Crippen molar-refractivity contribution < 1.29 is 14.3 Å². The molecule has 0 radical (unpaired) electrons. The van der Waals surface area contributed by atoms with Crippen molar-refractivity contribution in [3.05, 3.63) is 65.0 Å². The third-order valence-corrected chi connectivity index (χ3v) is 3.77. The molecule has 0 unspecified atom stereocenters. The number of carbonyl (C=O) groups is 2. The topological polar surface area (TPSA) is 59.5 Å². The van der Waals surface area contributed by atoms with Crippen LogP contribution in [0.4, 0.5) is 5.69 Å². The molecule has 0 saturated carbocycles. The zero-order chi connectivity index (χ0) is 18.2. The Morgan fingerprint density at radius 1 is 1.16 bits per heavy atom. The van der Waals surface area contributed by atoms with Gasteiger partial charge in [-0.3, -0.25) is 14.7 Å². The van der Waals surface area contributed by atoms with E-state index in [4.69, 9.17) is 16.3 Å². The average molecular weight is 357 g/mol. The van der Waals surface area contributed by atoms with Crippen LogP contribution in [0.15, 0.2) is 48.8 Å². The van der Waals surface area contributed by atoms with Gasteiger partial charge in [-0.1, -0.05) is 11.6 Å². The molecule has 2 aromatic rings. The van der Waals surface area contributed by atoms with E-state index in [1.165, 1.54) is 11.0 Å². The van der Waals surface area contributed by atoms with Crippen LogP contribution in [0.1, 0.15) is 36.7 Å². The van der Waals surface area contributed by atoms with Gasteiger partial charge in [0.25, 0.3) is 5.91 Å². The average Bonchev–Trinajstić information content (AvgIpc) is 2.80. The van der Waals surface area contributed by atoms with Crippen LogP contribution >= 0.6 is 11.6 Å². The monoisotopic (exact) mass is 356 g/mol. The van der Waals surface area contributed by atoms with E-state index >= 15 is 0 Å². The summed E-state index contributed by atoms with van der Waals surface area (Å²) in [6.45, 7) is 5.36. The summed E-state index contributed by atoms with van der Waals surface area (Å²) in [6, 6.07) is 8.47. The maximum Gasteiger partial charge on any atom is 0.333 e. The highest BCUT2D eigenvalue weighted by molar-refractivity contribution is 6.30. The second-order valence-electron chi connectivity index (χ2n) is 6.60. The highest BCUT2D eigenvalue weighted by atomic mass is 35.5. The van der Waals surface area contributed by atoms with E-state index < -0.39 is 11.6 Å². The normalized spacial score (nSPS) is 15.4. The van der Waals surface area contributed by atoms with E-state index in [0.717, 1.165) is 0 Å². The van der Waals surface area contributed by atoms with Gasteiger partial charge in [0, 0.05) is 34.7 Å². The number of benzene rings is 1. The van der Waals surface area contributed by atoms with E-state index in [1.807, 2.05) is 0 Å². The molecule has 1 aliphatic heterocycles. The zero-order valence-corrected chi connectivity index (χ0v) is 14.9. The lowest BCUT2D eigenvalue weighted by Gasteiger charge is -2.21. The van der Waals surface area contributed by atoms with Crippen molar-refractivity contribution in [1.29, 1.82) is 0 Å². The molecule has 0 bridgehead atoms. The van der Waals surface area contributed by atoms with Crippen LogP contribution in [0, 0.1) is 0 Å². The molecule has 0 saturated heterocycles. The van der Waals surface area contributed by atoms with Crippen LogP contribution in [-0.2, 0) is 9.53 Å². The number of esters is 1. The molecule has 6 heteroatoms. The van der Waals surface area contributed by atoms with Gasteiger partial charge in [0.05, 0.1) is 11.3 Å². The van der Waals surface area contributed by atoms with Gasteiger partial charge in [-0.25, -0.2) is 4.79 Å². The number of fused-ring (bicyclic) bond motifs is 1. The molecular formula is C19H17ClN2O3. The molecule has 3 rings (SSSR count). The molecule has 128 valence electrons. The number of nitrogens with zero attached hydrogens (tertiary/aromatic N) is 2. The van der Waals surface area contributed by atoms with Gasteiger partial charge in [0.1, 0.15) is 5.60 Å². The lowest BCUT2D eigenvalue weighted by Crippen LogP contribution is -2.25. The van der Waals surface area contributed by atoms with Crippen molar-refractivity contribution in [3.63, 3.8) is 0 Å². The van der Waals surface area contributed by atoms with Crippen molar-refractivity contribution in [1.82, 2.24) is 4.98 Å². The predicted molar refractivity (Wildman–Crippen MR) is 96.3 cm³/mol. The van der Waals surface area contributed by atoms with Crippen LogP contribution in [0.2, 0.25) is 5.02 Å². The first kappa shape index (κ1) is 17.2. The fourth-order valence-corrected chi connectivity index (χ4v) is 2.69. The molecule has 1 aliphatic rings. The summed E-state index contributed by atoms with van der Waals surface area (Å²) in [5.41, 5.74) is 1.50. The predicted octanol–water partition coefficient (Wildman–Crippen LogP) is 4.08. The molecule has 0 spiro atoms. The zero-order valence-electron chi connectivity index (χ0n) is 14.1. The van der Waals surface area contributed by atoms with Crippen molar-refractivity contribution in [3.8, 4) is 0 Å². The quantitative estimate of drug-likeness (QED) is 0.601. The van der Waals surface area contributed by atoms with E-state index in [1.54, 1.807) is 63.5 Å². The Kier molecular flexibility index (Phi) is 4.35. The third kappa shape index (κ3) is 3.56. The standard InChI is InChI=1S/C19H17ClN2O3/c1-19(2,3)25-17(23)10-16-15-11-21-9-8-14(15)18(24)22(16)13-6-4-12(20)5-7-13/h4-11H,1-3H3/b16-10+. The molecule has 0 atom stereocenters. The molecule has 5 nitrogen and oxygen atoms in total. The number of rotatable bonds is 2. The number of pyridine rings is 1. The van der Waals surface area contributed by atoms with Crippen LogP contribution in [-0.4, -0.2) is 22.5 Å². The number of aromatic nitrogens is 1. The minimum atomic E-state index is -0.625. The van der Waals surface area contributed by atoms with Crippen LogP contribution < -0.4 is 4.90 Å². The number of amides is 1. The molecule has 1 amide bonds. The molecule has 0 N–H and O–H groups in total. The molecule has 0 aliphatic carbocycles. The first-order valence-corrected chi connectivity index (χ1v) is 8.13. The number of hydrogen-bond donors (Lipinski definition) is 0. The number of carbonyl (C=O) groups excluding carboxylic acids is 2. The van der Waals surface area contributed by atoms with Crippen molar-refractivity contribution in [2.45, 2.75) is 26.4 Å². The number of anilines is 1. The highest BCUT2D eigenvalue weighted by Crippen LogP contribution is 2.36. The lowest BCUT2D eigenvalue weighted by atomic mass is 10.1. The van der Waals surface area contributed by atoms with Gasteiger partial charge in [-0.05, 0) is 51.1 Å². The van der Waals surface area contributed by atoms with Gasteiger partial charge in [0.2, 0.25) is 0 Å². The lowest BCUT2D eigenvalue weighted by molar-refractivity contribution is -0.148. The van der Waals surface area contributed by atoms with E-state index in [9.17, 15) is 9.59 Å². The van der Waals surface area contributed by atoms with Crippen LogP contribution in [0.3, 0.4) is 0 Å². The Hall–Kier alpha value is -2.66. The molecule has 1 aromatic carbocycles. The summed E-state index contributed by atoms with van der Waals surface area (Å²) in [4.78, 5) is 30.7. The fourth-order valence-electron chi connectivity index (χ4n) is 2.57. The third-order valence-electron chi connectivity index (χ3n) is 3.52. The van der Waals surface area contributed by atoms with Gasteiger partial charge in [-0.15, -0.1) is 0 Å². The Bertz CT molecular complexity index is 867. The minimum absolute atomic E-state index is 0.227. The van der Waals surface area contributed by atoms with E-state index in [-0.39, 0.29) is 5.91 Å². The summed E-state index contributed by atoms with van der Waals surface area (Å²) in [6.07, 6.45) is 4.44. The molecule has 2 heterocycles.